The highest BCUT2D eigenvalue weighted by Crippen LogP contribution is 2.51. The monoisotopic (exact) mass is 384 g/mol. The number of hydrogen-bond acceptors (Lipinski definition) is 10. The number of esters is 4. The fourth-order valence-corrected chi connectivity index (χ4v) is 3.75. The molecule has 2 aliphatic rings. The molecule has 4 atom stereocenters. The smallest absolute Gasteiger partial charge is 0.337 e. The molecule has 0 amide bonds. The molecule has 2 bridgehead atoms. The molecule has 0 saturated heterocycles. The third-order valence-corrected chi connectivity index (χ3v) is 4.92. The van der Waals surface area contributed by atoms with E-state index in [0.717, 1.165) is 28.4 Å². The quantitative estimate of drug-likeness (QED) is 0.508. The lowest BCUT2D eigenvalue weighted by atomic mass is 9.61. The lowest BCUT2D eigenvalue weighted by Gasteiger charge is -2.42. The summed E-state index contributed by atoms with van der Waals surface area (Å²) in [4.78, 5) is 49.0. The Morgan fingerprint density at radius 2 is 1.04 bits per heavy atom. The summed E-state index contributed by atoms with van der Waals surface area (Å²) in [5.41, 5.74) is -0.704. The summed E-state index contributed by atoms with van der Waals surface area (Å²) >= 11 is 0. The number of aliphatic hydroxyl groups is 2. The van der Waals surface area contributed by atoms with Crippen LogP contribution in [0.15, 0.2) is 22.7 Å². The average molecular weight is 384 g/mol. The number of carbonyl (C=O) groups is 4. The molecule has 0 spiro atoms. The van der Waals surface area contributed by atoms with Gasteiger partial charge in [0.1, 0.15) is 23.4 Å². The average Bonchev–Trinajstić information content (AvgIpc) is 2.66. The summed E-state index contributed by atoms with van der Waals surface area (Å²) in [6.07, 6.45) is -0.0947. The van der Waals surface area contributed by atoms with Gasteiger partial charge in [-0.15, -0.1) is 0 Å². The molecule has 2 unspecified atom stereocenters. The second-order valence-electron chi connectivity index (χ2n) is 6.03. The Labute approximate surface area is 154 Å². The van der Waals surface area contributed by atoms with Gasteiger partial charge >= 0.3 is 23.9 Å². The minimum Gasteiger partial charge on any atom is -0.511 e. The second-order valence-corrected chi connectivity index (χ2v) is 6.03. The molecule has 10 heteroatoms. The standard InChI is InChI=1S/C17H20O10/c1-24-14(20)8-6-5-7(10(12(8)18)16(22)26-3)11(17(23)27-4)13(19)9(6)15(21)25-2/h6-8,11,18-19H,5H2,1-4H3/t6-,7+,8?,11?/m0/s1. The Bertz CT molecular complexity index is 685. The molecule has 148 valence electrons. The van der Waals surface area contributed by atoms with E-state index in [4.69, 9.17) is 0 Å². The normalized spacial score (nSPS) is 27.0. The molecule has 0 aromatic rings. The number of aliphatic hydroxyl groups excluding tert-OH is 2. The first-order valence-electron chi connectivity index (χ1n) is 7.93. The molecule has 2 rings (SSSR count). The van der Waals surface area contributed by atoms with Gasteiger partial charge in [0.05, 0.1) is 39.6 Å². The van der Waals surface area contributed by atoms with Crippen molar-refractivity contribution in [3.8, 4) is 0 Å². The molecule has 0 saturated carbocycles. The van der Waals surface area contributed by atoms with Crippen molar-refractivity contribution in [1.82, 2.24) is 0 Å². The molecule has 2 N–H and O–H groups in total. The van der Waals surface area contributed by atoms with E-state index in [1.807, 2.05) is 0 Å². The molecule has 2 aliphatic carbocycles. The summed E-state index contributed by atoms with van der Waals surface area (Å²) in [5, 5.41) is 21.3. The first kappa shape index (κ1) is 20.3. The van der Waals surface area contributed by atoms with Crippen molar-refractivity contribution in [3.05, 3.63) is 22.7 Å². The van der Waals surface area contributed by atoms with Gasteiger partial charge < -0.3 is 29.2 Å². The second kappa shape index (κ2) is 7.68. The van der Waals surface area contributed by atoms with E-state index in [1.54, 1.807) is 0 Å². The zero-order chi connectivity index (χ0) is 20.5. The summed E-state index contributed by atoms with van der Waals surface area (Å²) < 4.78 is 18.7. The topological polar surface area (TPSA) is 146 Å². The Morgan fingerprint density at radius 1 is 0.704 bits per heavy atom. The van der Waals surface area contributed by atoms with Gasteiger partial charge in [0.25, 0.3) is 0 Å². The summed E-state index contributed by atoms with van der Waals surface area (Å²) in [5.74, 6) is -10.2. The maximum absolute atomic E-state index is 12.3. The first-order valence-corrected chi connectivity index (χ1v) is 7.93. The van der Waals surface area contributed by atoms with E-state index in [9.17, 15) is 29.4 Å². The molecule has 0 fully saturated rings. The van der Waals surface area contributed by atoms with Gasteiger partial charge in [0.2, 0.25) is 0 Å². The zero-order valence-electron chi connectivity index (χ0n) is 15.2. The summed E-state index contributed by atoms with van der Waals surface area (Å²) in [6, 6.07) is 0. The highest BCUT2D eigenvalue weighted by atomic mass is 16.5. The Kier molecular flexibility index (Phi) is 5.77. The minimum absolute atomic E-state index is 0.0947. The van der Waals surface area contributed by atoms with Crippen molar-refractivity contribution in [3.63, 3.8) is 0 Å². The van der Waals surface area contributed by atoms with E-state index in [1.165, 1.54) is 0 Å². The van der Waals surface area contributed by atoms with Crippen LogP contribution < -0.4 is 0 Å². The van der Waals surface area contributed by atoms with Gasteiger partial charge in [-0.3, -0.25) is 9.59 Å². The van der Waals surface area contributed by atoms with Crippen LogP contribution in [0.5, 0.6) is 0 Å². The number of fused-ring (bicyclic) bond motifs is 2. The Balaban J connectivity index is 2.78. The fourth-order valence-electron chi connectivity index (χ4n) is 3.75. The van der Waals surface area contributed by atoms with E-state index in [-0.39, 0.29) is 17.6 Å². The predicted octanol–water partition coefficient (Wildman–Crippen LogP) is 0.185. The number of hydrogen-bond donors (Lipinski definition) is 2. The van der Waals surface area contributed by atoms with E-state index >= 15 is 0 Å². The van der Waals surface area contributed by atoms with Gasteiger partial charge in [-0.05, 0) is 6.42 Å². The first-order chi connectivity index (χ1) is 12.7. The van der Waals surface area contributed by atoms with Crippen LogP contribution in [0.25, 0.3) is 0 Å². The van der Waals surface area contributed by atoms with Crippen LogP contribution in [0.2, 0.25) is 0 Å². The van der Waals surface area contributed by atoms with Crippen molar-refractivity contribution in [2.24, 2.45) is 23.7 Å². The van der Waals surface area contributed by atoms with Gasteiger partial charge in [-0.2, -0.15) is 0 Å². The molecule has 0 heterocycles. The van der Waals surface area contributed by atoms with Crippen molar-refractivity contribution in [2.75, 3.05) is 28.4 Å². The molecule has 0 radical (unpaired) electrons. The SMILES string of the molecule is COC(=O)C1=C(O)C(C(=O)OC)[C@@H]2C[C@H]1C(C(=O)OC)C(O)=C2C(=O)OC. The predicted molar refractivity (Wildman–Crippen MR) is 86.0 cm³/mol. The van der Waals surface area contributed by atoms with E-state index < -0.39 is 59.1 Å². The number of carbonyl (C=O) groups excluding carboxylic acids is 4. The van der Waals surface area contributed by atoms with Gasteiger partial charge in [-0.1, -0.05) is 0 Å². The van der Waals surface area contributed by atoms with Crippen molar-refractivity contribution in [2.45, 2.75) is 6.42 Å². The number of rotatable bonds is 4. The number of methoxy groups -OCH3 is 4. The van der Waals surface area contributed by atoms with E-state index in [2.05, 4.69) is 18.9 Å². The number of ether oxygens (including phenoxy) is 4. The molecule has 0 aliphatic heterocycles. The molecular weight excluding hydrogens is 364 g/mol. The molecule has 27 heavy (non-hydrogen) atoms. The van der Waals surface area contributed by atoms with Gasteiger partial charge in [0.15, 0.2) is 0 Å². The Hall–Kier alpha value is -3.04. The Morgan fingerprint density at radius 3 is 1.30 bits per heavy atom. The molecule has 0 aromatic heterocycles. The van der Waals surface area contributed by atoms with Crippen LogP contribution in [0.1, 0.15) is 6.42 Å². The maximum atomic E-state index is 12.3. The maximum Gasteiger partial charge on any atom is 0.337 e. The van der Waals surface area contributed by atoms with Crippen LogP contribution in [0, 0.1) is 23.7 Å². The summed E-state index contributed by atoms with van der Waals surface area (Å²) in [6.45, 7) is 0. The highest BCUT2D eigenvalue weighted by molar-refractivity contribution is 5.97. The molecule has 0 aromatic carbocycles. The third kappa shape index (κ3) is 3.11. The van der Waals surface area contributed by atoms with Crippen molar-refractivity contribution >= 4 is 23.9 Å². The lowest BCUT2D eigenvalue weighted by Crippen LogP contribution is -2.47. The van der Waals surface area contributed by atoms with Crippen LogP contribution in [0.3, 0.4) is 0 Å². The highest BCUT2D eigenvalue weighted by Gasteiger charge is 2.56. The van der Waals surface area contributed by atoms with Crippen LogP contribution in [-0.2, 0) is 38.1 Å². The van der Waals surface area contributed by atoms with Crippen LogP contribution in [-0.4, -0.2) is 62.5 Å². The largest absolute Gasteiger partial charge is 0.511 e. The minimum atomic E-state index is -1.45. The third-order valence-electron chi connectivity index (χ3n) is 4.92. The van der Waals surface area contributed by atoms with Gasteiger partial charge in [-0.25, -0.2) is 9.59 Å². The fraction of sp³-hybridized carbons (Fsp3) is 0.529. The molecular formula is C17H20O10. The molecule has 10 nitrogen and oxygen atoms in total. The van der Waals surface area contributed by atoms with Crippen molar-refractivity contribution < 1.29 is 48.3 Å². The van der Waals surface area contributed by atoms with E-state index in [0.29, 0.717) is 0 Å². The van der Waals surface area contributed by atoms with Crippen LogP contribution >= 0.6 is 0 Å². The van der Waals surface area contributed by atoms with Crippen LogP contribution in [0.4, 0.5) is 0 Å². The lowest BCUT2D eigenvalue weighted by molar-refractivity contribution is -0.151. The summed E-state index contributed by atoms with van der Waals surface area (Å²) in [7, 11) is 4.27. The zero-order valence-corrected chi connectivity index (χ0v) is 15.2. The van der Waals surface area contributed by atoms with Crippen molar-refractivity contribution in [1.29, 1.82) is 0 Å². The van der Waals surface area contributed by atoms with Gasteiger partial charge in [0, 0.05) is 11.8 Å².